The second-order valence-corrected chi connectivity index (χ2v) is 7.03. The van der Waals surface area contributed by atoms with Gasteiger partial charge < -0.3 is 0 Å². The van der Waals surface area contributed by atoms with E-state index in [-0.39, 0.29) is 5.25 Å². The Kier molecular flexibility index (Phi) is 4.51. The molecule has 0 heterocycles. The summed E-state index contributed by atoms with van der Waals surface area (Å²) in [5, 5.41) is -0.222. The Bertz CT molecular complexity index is 478. The van der Waals surface area contributed by atoms with Gasteiger partial charge >= 0.3 is 0 Å². The van der Waals surface area contributed by atoms with Gasteiger partial charge in [-0.25, -0.2) is 8.42 Å². The number of aryl methyl sites for hydroxylation is 1. The number of alkyl halides is 1. The maximum Gasteiger partial charge on any atom is 0.235 e. The van der Waals surface area contributed by atoms with E-state index in [0.717, 1.165) is 37.7 Å². The molecular formula is C13H18ClNO2S. The molecule has 1 aromatic rings. The topological polar surface area (TPSA) is 46.2 Å². The van der Waals surface area contributed by atoms with Crippen LogP contribution in [0.25, 0.3) is 0 Å². The lowest BCUT2D eigenvalue weighted by Gasteiger charge is -2.13. The molecule has 0 saturated heterocycles. The van der Waals surface area contributed by atoms with Gasteiger partial charge in [-0.3, -0.25) is 4.72 Å². The van der Waals surface area contributed by atoms with Crippen LogP contribution in [0.3, 0.4) is 0 Å². The molecule has 0 radical (unpaired) electrons. The molecule has 0 spiro atoms. The molecule has 1 aliphatic carbocycles. The summed E-state index contributed by atoms with van der Waals surface area (Å²) in [5.74, 6) is 0.577. The van der Waals surface area contributed by atoms with Crippen molar-refractivity contribution in [3.8, 4) is 0 Å². The van der Waals surface area contributed by atoms with Crippen LogP contribution in [0.2, 0.25) is 0 Å². The summed E-state index contributed by atoms with van der Waals surface area (Å²) in [6, 6.07) is 7.42. The summed E-state index contributed by atoms with van der Waals surface area (Å²) in [6.07, 6.45) is 4.39. The van der Waals surface area contributed by atoms with Gasteiger partial charge in [0.25, 0.3) is 0 Å². The first kappa shape index (κ1) is 13.7. The molecule has 1 fully saturated rings. The zero-order valence-corrected chi connectivity index (χ0v) is 11.8. The highest BCUT2D eigenvalue weighted by Gasteiger charge is 2.28. The quantitative estimate of drug-likeness (QED) is 0.846. The Balaban J connectivity index is 2.04. The molecule has 0 aliphatic heterocycles. The monoisotopic (exact) mass is 287 g/mol. The SMILES string of the molecule is O=S(=O)(Nc1ccc(CCCl)cc1)C1CCCC1. The molecule has 5 heteroatoms. The van der Waals surface area contributed by atoms with Crippen molar-refractivity contribution >= 4 is 27.3 Å². The van der Waals surface area contributed by atoms with Crippen molar-refractivity contribution < 1.29 is 8.42 Å². The molecule has 1 saturated carbocycles. The lowest BCUT2D eigenvalue weighted by atomic mass is 10.2. The smallest absolute Gasteiger partial charge is 0.235 e. The third-order valence-corrected chi connectivity index (χ3v) is 5.40. The van der Waals surface area contributed by atoms with E-state index in [9.17, 15) is 8.42 Å². The molecular weight excluding hydrogens is 270 g/mol. The molecule has 0 aromatic heterocycles. The number of anilines is 1. The third-order valence-electron chi connectivity index (χ3n) is 3.34. The molecule has 2 rings (SSSR count). The van der Waals surface area contributed by atoms with Crippen molar-refractivity contribution in [2.24, 2.45) is 0 Å². The fraction of sp³-hybridized carbons (Fsp3) is 0.538. The van der Waals surface area contributed by atoms with Crippen LogP contribution in [0.15, 0.2) is 24.3 Å². The zero-order chi connectivity index (χ0) is 13.0. The molecule has 1 aliphatic rings. The molecule has 0 atom stereocenters. The maximum atomic E-state index is 12.1. The molecule has 1 aromatic carbocycles. The molecule has 3 nitrogen and oxygen atoms in total. The molecule has 1 N–H and O–H groups in total. The van der Waals surface area contributed by atoms with E-state index in [1.54, 1.807) is 12.1 Å². The van der Waals surface area contributed by atoms with E-state index < -0.39 is 10.0 Å². The van der Waals surface area contributed by atoms with Crippen LogP contribution in [0.4, 0.5) is 5.69 Å². The van der Waals surface area contributed by atoms with Gasteiger partial charge in [-0.2, -0.15) is 0 Å². The van der Waals surface area contributed by atoms with Crippen LogP contribution in [-0.4, -0.2) is 19.5 Å². The Labute approximate surface area is 114 Å². The zero-order valence-electron chi connectivity index (χ0n) is 10.2. The van der Waals surface area contributed by atoms with Gasteiger partial charge in [-0.05, 0) is 37.0 Å². The van der Waals surface area contributed by atoms with Gasteiger partial charge in [0, 0.05) is 11.6 Å². The first-order chi connectivity index (χ1) is 8.62. The van der Waals surface area contributed by atoms with E-state index in [2.05, 4.69) is 4.72 Å². The molecule has 18 heavy (non-hydrogen) atoms. The first-order valence-electron chi connectivity index (χ1n) is 6.28. The summed E-state index contributed by atoms with van der Waals surface area (Å²) in [4.78, 5) is 0. The number of sulfonamides is 1. The predicted octanol–water partition coefficient (Wildman–Crippen LogP) is 3.15. The molecule has 0 amide bonds. The fourth-order valence-corrected chi connectivity index (χ4v) is 4.10. The van der Waals surface area contributed by atoms with Gasteiger partial charge in [-0.1, -0.05) is 25.0 Å². The van der Waals surface area contributed by atoms with Crippen LogP contribution < -0.4 is 4.72 Å². The number of nitrogens with one attached hydrogen (secondary N) is 1. The number of halogens is 1. The van der Waals surface area contributed by atoms with E-state index in [0.29, 0.717) is 11.6 Å². The summed E-state index contributed by atoms with van der Waals surface area (Å²) < 4.78 is 26.8. The standard InChI is InChI=1S/C13H18ClNO2S/c14-10-9-11-5-7-12(8-6-11)15-18(16,17)13-3-1-2-4-13/h5-8,13,15H,1-4,9-10H2. The highest BCUT2D eigenvalue weighted by atomic mass is 35.5. The lowest BCUT2D eigenvalue weighted by molar-refractivity contribution is 0.585. The Hall–Kier alpha value is -0.740. The van der Waals surface area contributed by atoms with Crippen molar-refractivity contribution in [3.05, 3.63) is 29.8 Å². The summed E-state index contributed by atoms with van der Waals surface area (Å²) in [7, 11) is -3.21. The van der Waals surface area contributed by atoms with Gasteiger partial charge in [0.05, 0.1) is 5.25 Å². The number of benzene rings is 1. The number of rotatable bonds is 5. The Morgan fingerprint density at radius 1 is 1.17 bits per heavy atom. The van der Waals surface area contributed by atoms with Gasteiger partial charge in [0.15, 0.2) is 0 Å². The Morgan fingerprint density at radius 3 is 2.33 bits per heavy atom. The van der Waals surface area contributed by atoms with Crippen molar-refractivity contribution in [1.82, 2.24) is 0 Å². The normalized spacial score (nSPS) is 16.9. The van der Waals surface area contributed by atoms with Gasteiger partial charge in [0.1, 0.15) is 0 Å². The highest BCUT2D eigenvalue weighted by molar-refractivity contribution is 7.93. The third kappa shape index (κ3) is 3.39. The average molecular weight is 288 g/mol. The second-order valence-electron chi connectivity index (χ2n) is 4.69. The average Bonchev–Trinajstić information content (AvgIpc) is 2.86. The van der Waals surface area contributed by atoms with Crippen molar-refractivity contribution in [2.75, 3.05) is 10.6 Å². The van der Waals surface area contributed by atoms with Gasteiger partial charge in [-0.15, -0.1) is 11.6 Å². The predicted molar refractivity (Wildman–Crippen MR) is 75.7 cm³/mol. The van der Waals surface area contributed by atoms with E-state index in [4.69, 9.17) is 11.6 Å². The molecule has 0 bridgehead atoms. The van der Waals surface area contributed by atoms with Crippen molar-refractivity contribution in [2.45, 2.75) is 37.4 Å². The largest absolute Gasteiger partial charge is 0.283 e. The van der Waals surface area contributed by atoms with Crippen LogP contribution >= 0.6 is 11.6 Å². The fourth-order valence-electron chi connectivity index (χ4n) is 2.29. The minimum absolute atomic E-state index is 0.222. The van der Waals surface area contributed by atoms with E-state index >= 15 is 0 Å². The van der Waals surface area contributed by atoms with Crippen LogP contribution in [0, 0.1) is 0 Å². The van der Waals surface area contributed by atoms with E-state index in [1.165, 1.54) is 0 Å². The lowest BCUT2D eigenvalue weighted by Crippen LogP contribution is -2.25. The van der Waals surface area contributed by atoms with Crippen LogP contribution in [0.5, 0.6) is 0 Å². The minimum Gasteiger partial charge on any atom is -0.283 e. The van der Waals surface area contributed by atoms with Gasteiger partial charge in [0.2, 0.25) is 10.0 Å². The van der Waals surface area contributed by atoms with Crippen molar-refractivity contribution in [3.63, 3.8) is 0 Å². The minimum atomic E-state index is -3.21. The summed E-state index contributed by atoms with van der Waals surface area (Å²) in [5.41, 5.74) is 1.76. The van der Waals surface area contributed by atoms with Crippen molar-refractivity contribution in [1.29, 1.82) is 0 Å². The Morgan fingerprint density at radius 2 is 1.78 bits per heavy atom. The first-order valence-corrected chi connectivity index (χ1v) is 8.36. The number of hydrogen-bond acceptors (Lipinski definition) is 2. The second kappa shape index (κ2) is 5.93. The van der Waals surface area contributed by atoms with Crippen LogP contribution in [0.1, 0.15) is 31.2 Å². The number of hydrogen-bond donors (Lipinski definition) is 1. The molecule has 100 valence electrons. The summed E-state index contributed by atoms with van der Waals surface area (Å²) in [6.45, 7) is 0. The van der Waals surface area contributed by atoms with Crippen LogP contribution in [-0.2, 0) is 16.4 Å². The van der Waals surface area contributed by atoms with E-state index in [1.807, 2.05) is 12.1 Å². The summed E-state index contributed by atoms with van der Waals surface area (Å²) >= 11 is 5.66. The highest BCUT2D eigenvalue weighted by Crippen LogP contribution is 2.26. The maximum absolute atomic E-state index is 12.1. The molecule has 0 unspecified atom stereocenters.